The molecule has 0 aromatic heterocycles. The van der Waals surface area contributed by atoms with Crippen LogP contribution in [-0.2, 0) is 9.59 Å². The second kappa shape index (κ2) is 7.67. The number of hydrogen-bond acceptors (Lipinski definition) is 3. The molecule has 0 saturated heterocycles. The van der Waals surface area contributed by atoms with E-state index in [0.717, 1.165) is 11.3 Å². The molecule has 0 spiro atoms. The van der Waals surface area contributed by atoms with Crippen molar-refractivity contribution < 1.29 is 19.4 Å². The highest BCUT2D eigenvalue weighted by atomic mass is 16.5. The van der Waals surface area contributed by atoms with Gasteiger partial charge in [0, 0.05) is 12.5 Å². The summed E-state index contributed by atoms with van der Waals surface area (Å²) in [5.74, 6) is -0.879. The van der Waals surface area contributed by atoms with E-state index in [4.69, 9.17) is 9.84 Å². The highest BCUT2D eigenvalue weighted by molar-refractivity contribution is 5.78. The minimum Gasteiger partial charge on any atom is -0.497 e. The Morgan fingerprint density at radius 1 is 1.29 bits per heavy atom. The van der Waals surface area contributed by atoms with Crippen molar-refractivity contribution in [2.75, 3.05) is 7.11 Å². The van der Waals surface area contributed by atoms with E-state index in [0.29, 0.717) is 6.42 Å². The summed E-state index contributed by atoms with van der Waals surface area (Å²) in [6.45, 7) is 5.24. The number of ether oxygens (including phenoxy) is 1. The Balaban J connectivity index is 2.59. The van der Waals surface area contributed by atoms with E-state index in [1.54, 1.807) is 21.0 Å². The summed E-state index contributed by atoms with van der Waals surface area (Å²) in [6, 6.07) is 7.20. The summed E-state index contributed by atoms with van der Waals surface area (Å²) in [5.41, 5.74) is 1.02. The average Bonchev–Trinajstić information content (AvgIpc) is 2.45. The highest BCUT2D eigenvalue weighted by Gasteiger charge is 2.21. The number of carboxylic acids is 1. The van der Waals surface area contributed by atoms with Crippen LogP contribution in [0, 0.1) is 5.92 Å². The van der Waals surface area contributed by atoms with Gasteiger partial charge in [-0.1, -0.05) is 19.1 Å². The first-order valence-electron chi connectivity index (χ1n) is 7.01. The molecule has 21 heavy (non-hydrogen) atoms. The summed E-state index contributed by atoms with van der Waals surface area (Å²) >= 11 is 0. The summed E-state index contributed by atoms with van der Waals surface area (Å²) in [6.07, 6.45) is 0.309. The van der Waals surface area contributed by atoms with Crippen molar-refractivity contribution >= 4 is 11.9 Å². The van der Waals surface area contributed by atoms with Crippen LogP contribution in [0.4, 0.5) is 0 Å². The summed E-state index contributed by atoms with van der Waals surface area (Å²) in [5, 5.41) is 11.7. The fraction of sp³-hybridized carbons (Fsp3) is 0.500. The zero-order valence-corrected chi connectivity index (χ0v) is 12.9. The van der Waals surface area contributed by atoms with E-state index in [-0.39, 0.29) is 11.8 Å². The van der Waals surface area contributed by atoms with Crippen LogP contribution in [0.25, 0.3) is 0 Å². The van der Waals surface area contributed by atoms with Crippen molar-refractivity contribution in [2.24, 2.45) is 5.92 Å². The molecule has 3 atom stereocenters. The van der Waals surface area contributed by atoms with Crippen LogP contribution in [0.3, 0.4) is 0 Å². The molecule has 0 heterocycles. The third kappa shape index (κ3) is 5.10. The van der Waals surface area contributed by atoms with Crippen LogP contribution in [0.15, 0.2) is 24.3 Å². The van der Waals surface area contributed by atoms with Crippen molar-refractivity contribution in [1.82, 2.24) is 5.32 Å². The van der Waals surface area contributed by atoms with Gasteiger partial charge in [-0.15, -0.1) is 0 Å². The molecule has 1 aromatic carbocycles. The van der Waals surface area contributed by atoms with Gasteiger partial charge in [-0.3, -0.25) is 9.59 Å². The second-order valence-corrected chi connectivity index (χ2v) is 5.36. The lowest BCUT2D eigenvalue weighted by molar-refractivity contribution is -0.142. The molecule has 116 valence electrons. The van der Waals surface area contributed by atoms with Gasteiger partial charge in [0.1, 0.15) is 5.75 Å². The van der Waals surface area contributed by atoms with Gasteiger partial charge in [-0.25, -0.2) is 0 Å². The number of rotatable bonds is 7. The molecule has 0 aliphatic rings. The molecule has 0 aliphatic heterocycles. The van der Waals surface area contributed by atoms with Crippen molar-refractivity contribution in [3.05, 3.63) is 29.8 Å². The molecule has 0 aliphatic carbocycles. The van der Waals surface area contributed by atoms with E-state index in [9.17, 15) is 9.59 Å². The van der Waals surface area contributed by atoms with Gasteiger partial charge in [-0.05, 0) is 37.5 Å². The summed E-state index contributed by atoms with van der Waals surface area (Å²) in [7, 11) is 1.60. The predicted octanol–water partition coefficient (Wildman–Crippen LogP) is 2.41. The molecule has 5 nitrogen and oxygen atoms in total. The second-order valence-electron chi connectivity index (χ2n) is 5.36. The molecule has 1 amide bonds. The fourth-order valence-corrected chi connectivity index (χ4v) is 2.00. The maximum absolute atomic E-state index is 12.0. The first kappa shape index (κ1) is 17.0. The fourth-order valence-electron chi connectivity index (χ4n) is 2.00. The van der Waals surface area contributed by atoms with Gasteiger partial charge in [0.2, 0.25) is 5.91 Å². The molecule has 0 fully saturated rings. The Labute approximate surface area is 125 Å². The SMILES string of the molecule is COc1cccc(C(C)CC(=O)NC(C)C(C)C(=O)O)c1. The minimum absolute atomic E-state index is 0.0347. The zero-order chi connectivity index (χ0) is 16.0. The standard InChI is InChI=1S/C16H23NO4/c1-10(13-6-5-7-14(9-13)21-4)8-15(18)17-12(3)11(2)16(19)20/h5-7,9-12H,8H2,1-4H3,(H,17,18)(H,19,20). The van der Waals surface area contributed by atoms with Crippen LogP contribution < -0.4 is 10.1 Å². The maximum Gasteiger partial charge on any atom is 0.308 e. The lowest BCUT2D eigenvalue weighted by atomic mass is 9.96. The van der Waals surface area contributed by atoms with Crippen LogP contribution in [0.2, 0.25) is 0 Å². The zero-order valence-electron chi connectivity index (χ0n) is 12.9. The monoisotopic (exact) mass is 293 g/mol. The van der Waals surface area contributed by atoms with Gasteiger partial charge in [0.15, 0.2) is 0 Å². The molecule has 0 radical (unpaired) electrons. The van der Waals surface area contributed by atoms with Gasteiger partial charge in [-0.2, -0.15) is 0 Å². The molecular formula is C16H23NO4. The first-order chi connectivity index (χ1) is 9.85. The largest absolute Gasteiger partial charge is 0.497 e. The number of benzene rings is 1. The van der Waals surface area contributed by atoms with Crippen molar-refractivity contribution in [2.45, 2.75) is 39.2 Å². The lowest BCUT2D eigenvalue weighted by Gasteiger charge is -2.19. The molecule has 0 saturated carbocycles. The number of carbonyl (C=O) groups excluding carboxylic acids is 1. The Kier molecular flexibility index (Phi) is 6.21. The molecule has 1 aromatic rings. The van der Waals surface area contributed by atoms with Crippen molar-refractivity contribution in [3.8, 4) is 5.75 Å². The van der Waals surface area contributed by atoms with Crippen molar-refractivity contribution in [3.63, 3.8) is 0 Å². The van der Waals surface area contributed by atoms with E-state index in [2.05, 4.69) is 5.32 Å². The third-order valence-corrected chi connectivity index (χ3v) is 3.68. The third-order valence-electron chi connectivity index (χ3n) is 3.68. The molecule has 0 bridgehead atoms. The number of aliphatic carboxylic acids is 1. The average molecular weight is 293 g/mol. The number of carboxylic acid groups (broad SMARTS) is 1. The number of methoxy groups -OCH3 is 1. The lowest BCUT2D eigenvalue weighted by Crippen LogP contribution is -2.40. The van der Waals surface area contributed by atoms with E-state index in [1.807, 2.05) is 31.2 Å². The van der Waals surface area contributed by atoms with Crippen LogP contribution in [-0.4, -0.2) is 30.1 Å². The smallest absolute Gasteiger partial charge is 0.308 e. The number of nitrogens with one attached hydrogen (secondary N) is 1. The quantitative estimate of drug-likeness (QED) is 0.809. The Bertz CT molecular complexity index is 501. The van der Waals surface area contributed by atoms with Crippen LogP contribution in [0.5, 0.6) is 5.75 Å². The molecular weight excluding hydrogens is 270 g/mol. The Hall–Kier alpha value is -2.04. The van der Waals surface area contributed by atoms with Gasteiger partial charge in [0.05, 0.1) is 13.0 Å². The predicted molar refractivity (Wildman–Crippen MR) is 80.4 cm³/mol. The van der Waals surface area contributed by atoms with Gasteiger partial charge in [0.25, 0.3) is 0 Å². The molecule has 2 N–H and O–H groups in total. The summed E-state index contributed by atoms with van der Waals surface area (Å²) in [4.78, 5) is 22.9. The van der Waals surface area contributed by atoms with E-state index in [1.165, 1.54) is 0 Å². The van der Waals surface area contributed by atoms with E-state index >= 15 is 0 Å². The Morgan fingerprint density at radius 2 is 1.95 bits per heavy atom. The van der Waals surface area contributed by atoms with Crippen LogP contribution >= 0.6 is 0 Å². The van der Waals surface area contributed by atoms with Crippen LogP contribution in [0.1, 0.15) is 38.7 Å². The topological polar surface area (TPSA) is 75.6 Å². The molecule has 5 heteroatoms. The maximum atomic E-state index is 12.0. The first-order valence-corrected chi connectivity index (χ1v) is 7.01. The number of hydrogen-bond donors (Lipinski definition) is 2. The molecule has 3 unspecified atom stereocenters. The van der Waals surface area contributed by atoms with Gasteiger partial charge < -0.3 is 15.2 Å². The van der Waals surface area contributed by atoms with Crippen molar-refractivity contribution in [1.29, 1.82) is 0 Å². The van der Waals surface area contributed by atoms with E-state index < -0.39 is 17.9 Å². The van der Waals surface area contributed by atoms with Gasteiger partial charge >= 0.3 is 5.97 Å². The highest BCUT2D eigenvalue weighted by Crippen LogP contribution is 2.23. The normalized spacial score (nSPS) is 14.9. The Morgan fingerprint density at radius 3 is 2.52 bits per heavy atom. The number of amides is 1. The minimum atomic E-state index is -0.913. The summed E-state index contributed by atoms with van der Waals surface area (Å²) < 4.78 is 5.17. The molecule has 1 rings (SSSR count). The number of carbonyl (C=O) groups is 2.